The van der Waals surface area contributed by atoms with E-state index >= 15 is 0 Å². The van der Waals surface area contributed by atoms with Crippen molar-refractivity contribution in [2.45, 2.75) is 36.6 Å². The highest BCUT2D eigenvalue weighted by molar-refractivity contribution is 7.85. The molecule has 2 atom stereocenters. The molecule has 0 aliphatic heterocycles. The number of imidazole rings is 1. The minimum atomic E-state index is -1.27. The molecule has 0 spiro atoms. The summed E-state index contributed by atoms with van der Waals surface area (Å²) in [5.41, 5.74) is 4.75. The maximum atomic E-state index is 13.2. The lowest BCUT2D eigenvalue weighted by atomic mass is 9.93. The van der Waals surface area contributed by atoms with Crippen molar-refractivity contribution in [1.29, 1.82) is 0 Å². The van der Waals surface area contributed by atoms with Gasteiger partial charge >= 0.3 is 0 Å². The normalized spacial score (nSPS) is 18.3. The van der Waals surface area contributed by atoms with Gasteiger partial charge in [0.1, 0.15) is 5.75 Å². The van der Waals surface area contributed by atoms with Crippen molar-refractivity contribution in [3.05, 3.63) is 47.3 Å². The van der Waals surface area contributed by atoms with E-state index in [-0.39, 0.29) is 5.25 Å². The van der Waals surface area contributed by atoms with Gasteiger partial charge in [-0.05, 0) is 38.3 Å². The molecule has 0 radical (unpaired) electrons. The highest BCUT2D eigenvalue weighted by Crippen LogP contribution is 2.39. The number of hydrogen-bond donors (Lipinski definition) is 1. The van der Waals surface area contributed by atoms with Crippen molar-refractivity contribution in [1.82, 2.24) is 15.0 Å². The molecule has 124 valence electrons. The van der Waals surface area contributed by atoms with Gasteiger partial charge in [-0.25, -0.2) is 4.98 Å². The van der Waals surface area contributed by atoms with Crippen LogP contribution in [-0.2, 0) is 17.2 Å². The van der Waals surface area contributed by atoms with E-state index in [2.05, 4.69) is 15.0 Å². The van der Waals surface area contributed by atoms with E-state index in [1.54, 1.807) is 7.11 Å². The Bertz CT molecular complexity index is 902. The first kappa shape index (κ1) is 15.3. The first-order valence-electron chi connectivity index (χ1n) is 8.06. The summed E-state index contributed by atoms with van der Waals surface area (Å²) >= 11 is 0. The molecule has 6 heteroatoms. The Morgan fingerprint density at radius 3 is 2.96 bits per heavy atom. The molecule has 2 heterocycles. The molecule has 1 aliphatic carbocycles. The van der Waals surface area contributed by atoms with Gasteiger partial charge < -0.3 is 9.72 Å². The number of ether oxygens (including phenoxy) is 1. The number of rotatable bonds is 3. The molecule has 4 rings (SSSR count). The number of aromatic nitrogens is 3. The van der Waals surface area contributed by atoms with Crippen LogP contribution < -0.4 is 4.74 Å². The molecule has 0 bridgehead atoms. The quantitative estimate of drug-likeness (QED) is 0.792. The van der Waals surface area contributed by atoms with Crippen molar-refractivity contribution in [2.24, 2.45) is 0 Å². The van der Waals surface area contributed by atoms with Gasteiger partial charge in [0.05, 0.1) is 39.9 Å². The van der Waals surface area contributed by atoms with Crippen LogP contribution in [0.3, 0.4) is 0 Å². The van der Waals surface area contributed by atoms with Crippen LogP contribution in [0.5, 0.6) is 5.75 Å². The van der Waals surface area contributed by atoms with Crippen LogP contribution in [0.2, 0.25) is 0 Å². The van der Waals surface area contributed by atoms with Crippen LogP contribution in [0.15, 0.2) is 35.6 Å². The predicted molar refractivity (Wildman–Crippen MR) is 93.7 cm³/mol. The summed E-state index contributed by atoms with van der Waals surface area (Å²) in [4.78, 5) is 12.3. The summed E-state index contributed by atoms with van der Waals surface area (Å²) in [6, 6.07) is 7.74. The second-order valence-electron chi connectivity index (χ2n) is 6.08. The molecule has 5 nitrogen and oxygen atoms in total. The maximum Gasteiger partial charge on any atom is 0.198 e. The summed E-state index contributed by atoms with van der Waals surface area (Å²) < 4.78 is 18.7. The number of aryl methyl sites for hydroxylation is 1. The van der Waals surface area contributed by atoms with Crippen LogP contribution in [0, 0.1) is 6.92 Å². The van der Waals surface area contributed by atoms with Crippen molar-refractivity contribution in [2.75, 3.05) is 7.11 Å². The second kappa shape index (κ2) is 6.02. The summed E-state index contributed by atoms with van der Waals surface area (Å²) in [6.45, 7) is 1.99. The fraction of sp³-hybridized carbons (Fsp3) is 0.333. The van der Waals surface area contributed by atoms with Crippen molar-refractivity contribution in [3.8, 4) is 5.75 Å². The molecule has 1 aliphatic rings. The molecule has 24 heavy (non-hydrogen) atoms. The fourth-order valence-corrected chi connectivity index (χ4v) is 4.88. The minimum Gasteiger partial charge on any atom is -0.496 e. The Morgan fingerprint density at radius 2 is 2.17 bits per heavy atom. The minimum absolute atomic E-state index is 0.149. The second-order valence-corrected chi connectivity index (χ2v) is 7.63. The number of nitrogens with one attached hydrogen (secondary N) is 1. The zero-order valence-electron chi connectivity index (χ0n) is 13.7. The van der Waals surface area contributed by atoms with Crippen molar-refractivity contribution < 1.29 is 8.95 Å². The molecular weight excluding hydrogens is 322 g/mol. The highest BCUT2D eigenvalue weighted by Gasteiger charge is 2.31. The van der Waals surface area contributed by atoms with Gasteiger partial charge in [-0.15, -0.1) is 0 Å². The molecular formula is C18H19N3O2S. The number of aromatic amines is 1. The van der Waals surface area contributed by atoms with E-state index in [1.165, 1.54) is 0 Å². The van der Waals surface area contributed by atoms with E-state index in [9.17, 15) is 4.21 Å². The Kier molecular flexibility index (Phi) is 3.84. The zero-order valence-corrected chi connectivity index (χ0v) is 14.5. The molecule has 1 N–H and O–H groups in total. The lowest BCUT2D eigenvalue weighted by Gasteiger charge is -2.25. The van der Waals surface area contributed by atoms with Gasteiger partial charge in [-0.3, -0.25) is 9.19 Å². The largest absolute Gasteiger partial charge is 0.496 e. The molecule has 0 saturated carbocycles. The number of nitrogens with zero attached hydrogens (tertiary/aromatic N) is 2. The standard InChI is InChI=1S/C18H19N3O2S/c1-11-10-19-16-12(17(11)23-2)6-5-9-15(16)24(22)18-20-13-7-3-4-8-14(13)21-18/h3-4,7-8,10,15H,5-6,9H2,1-2H3,(H,20,21). The molecule has 0 fully saturated rings. The first-order chi connectivity index (χ1) is 11.7. The number of methoxy groups -OCH3 is 1. The number of pyridine rings is 1. The van der Waals surface area contributed by atoms with Crippen molar-refractivity contribution in [3.63, 3.8) is 0 Å². The molecule has 0 amide bonds. The van der Waals surface area contributed by atoms with E-state index in [4.69, 9.17) is 4.74 Å². The van der Waals surface area contributed by atoms with Gasteiger partial charge in [0.2, 0.25) is 0 Å². The number of para-hydroxylation sites is 2. The van der Waals surface area contributed by atoms with E-state index < -0.39 is 10.8 Å². The molecule has 1 aromatic carbocycles. The summed E-state index contributed by atoms with van der Waals surface area (Å²) in [5, 5.41) is 0.374. The number of H-pyrrole nitrogens is 1. The summed E-state index contributed by atoms with van der Waals surface area (Å²) in [5.74, 6) is 0.881. The van der Waals surface area contributed by atoms with Crippen molar-refractivity contribution >= 4 is 21.8 Å². The van der Waals surface area contributed by atoms with Crippen LogP contribution in [0.4, 0.5) is 0 Å². The van der Waals surface area contributed by atoms with Gasteiger partial charge in [-0.2, -0.15) is 0 Å². The molecule has 2 aromatic heterocycles. The average molecular weight is 341 g/mol. The van der Waals surface area contributed by atoms with E-state index in [0.717, 1.165) is 52.9 Å². The Morgan fingerprint density at radius 1 is 1.33 bits per heavy atom. The van der Waals surface area contributed by atoms with Gasteiger partial charge in [-0.1, -0.05) is 12.1 Å². The SMILES string of the molecule is COc1c(C)cnc2c1CCCC2S(=O)c1nc2ccccc2[nH]1. The Balaban J connectivity index is 1.77. The lowest BCUT2D eigenvalue weighted by molar-refractivity contribution is 0.401. The topological polar surface area (TPSA) is 67.9 Å². The van der Waals surface area contributed by atoms with E-state index in [1.807, 2.05) is 37.4 Å². The first-order valence-corrected chi connectivity index (χ1v) is 9.28. The fourth-order valence-electron chi connectivity index (χ4n) is 3.43. The smallest absolute Gasteiger partial charge is 0.198 e. The van der Waals surface area contributed by atoms with Crippen LogP contribution >= 0.6 is 0 Å². The van der Waals surface area contributed by atoms with E-state index in [0.29, 0.717) is 5.16 Å². The van der Waals surface area contributed by atoms with Crippen LogP contribution in [0.1, 0.15) is 34.9 Å². The average Bonchev–Trinajstić information content (AvgIpc) is 3.04. The van der Waals surface area contributed by atoms with Crippen LogP contribution in [0.25, 0.3) is 11.0 Å². The number of hydrogen-bond acceptors (Lipinski definition) is 4. The third kappa shape index (κ3) is 2.41. The lowest BCUT2D eigenvalue weighted by Crippen LogP contribution is -2.18. The Labute approximate surface area is 142 Å². The molecule has 2 unspecified atom stereocenters. The number of benzene rings is 1. The monoisotopic (exact) mass is 341 g/mol. The summed E-state index contributed by atoms with van der Waals surface area (Å²) in [6.07, 6.45) is 4.55. The summed E-state index contributed by atoms with van der Waals surface area (Å²) in [7, 11) is 0.418. The Hall–Kier alpha value is -2.21. The molecule has 0 saturated heterocycles. The van der Waals surface area contributed by atoms with Crippen LogP contribution in [-0.4, -0.2) is 26.3 Å². The number of fused-ring (bicyclic) bond motifs is 2. The maximum absolute atomic E-state index is 13.2. The zero-order chi connectivity index (χ0) is 16.7. The van der Waals surface area contributed by atoms with Gasteiger partial charge in [0.15, 0.2) is 5.16 Å². The third-order valence-corrected chi connectivity index (χ3v) is 6.11. The highest BCUT2D eigenvalue weighted by atomic mass is 32.2. The van der Waals surface area contributed by atoms with Gasteiger partial charge in [0.25, 0.3) is 0 Å². The predicted octanol–water partition coefficient (Wildman–Crippen LogP) is 3.46. The third-order valence-electron chi connectivity index (χ3n) is 4.56. The van der Waals surface area contributed by atoms with Gasteiger partial charge in [0, 0.05) is 17.3 Å². The molecule has 3 aromatic rings.